The summed E-state index contributed by atoms with van der Waals surface area (Å²) in [5.74, 6) is 1.47. The molecule has 1 aromatic rings. The SMILES string of the molecule is CCNC(=NCCCOCC(C)C)NCCc1csc(CC)n1. The van der Waals surface area contributed by atoms with Crippen LogP contribution in [-0.2, 0) is 17.6 Å². The Morgan fingerprint density at radius 2 is 2.17 bits per heavy atom. The van der Waals surface area contributed by atoms with Crippen LogP contribution in [0.1, 0.15) is 44.8 Å². The molecular formula is C17H32N4OS. The summed E-state index contributed by atoms with van der Waals surface area (Å²) in [7, 11) is 0. The highest BCUT2D eigenvalue weighted by Gasteiger charge is 2.01. The summed E-state index contributed by atoms with van der Waals surface area (Å²) < 4.78 is 5.57. The Hall–Kier alpha value is -1.14. The largest absolute Gasteiger partial charge is 0.381 e. The fourth-order valence-corrected chi connectivity index (χ4v) is 2.73. The minimum atomic E-state index is 0.594. The summed E-state index contributed by atoms with van der Waals surface area (Å²) in [6.07, 6.45) is 2.90. The van der Waals surface area contributed by atoms with Crippen LogP contribution in [0.2, 0.25) is 0 Å². The van der Waals surface area contributed by atoms with E-state index in [1.165, 1.54) is 5.01 Å². The van der Waals surface area contributed by atoms with Crippen molar-refractivity contribution in [2.24, 2.45) is 10.9 Å². The molecule has 0 spiro atoms. The average Bonchev–Trinajstić information content (AvgIpc) is 2.98. The number of ether oxygens (including phenoxy) is 1. The molecule has 0 aliphatic rings. The molecule has 0 bridgehead atoms. The van der Waals surface area contributed by atoms with Crippen molar-refractivity contribution < 1.29 is 4.74 Å². The number of hydrogen-bond donors (Lipinski definition) is 2. The summed E-state index contributed by atoms with van der Waals surface area (Å²) >= 11 is 1.74. The molecule has 2 N–H and O–H groups in total. The summed E-state index contributed by atoms with van der Waals surface area (Å²) in [5.41, 5.74) is 1.16. The molecule has 23 heavy (non-hydrogen) atoms. The van der Waals surface area contributed by atoms with Gasteiger partial charge in [0.2, 0.25) is 0 Å². The lowest BCUT2D eigenvalue weighted by atomic mass is 10.2. The normalized spacial score (nSPS) is 12.0. The molecule has 5 nitrogen and oxygen atoms in total. The van der Waals surface area contributed by atoms with Crippen molar-refractivity contribution in [3.05, 3.63) is 16.1 Å². The van der Waals surface area contributed by atoms with Crippen molar-refractivity contribution >= 4 is 17.3 Å². The zero-order valence-corrected chi connectivity index (χ0v) is 15.8. The molecule has 0 aliphatic carbocycles. The maximum absolute atomic E-state index is 5.57. The summed E-state index contributed by atoms with van der Waals surface area (Å²) in [5, 5.41) is 10.0. The number of hydrogen-bond acceptors (Lipinski definition) is 4. The summed E-state index contributed by atoms with van der Waals surface area (Å²) in [4.78, 5) is 9.16. The predicted octanol–water partition coefficient (Wildman–Crippen LogP) is 2.87. The van der Waals surface area contributed by atoms with Gasteiger partial charge in [-0.15, -0.1) is 11.3 Å². The van der Waals surface area contributed by atoms with Gasteiger partial charge in [0.1, 0.15) is 0 Å². The Balaban J connectivity index is 2.23. The van der Waals surface area contributed by atoms with Gasteiger partial charge in [0.25, 0.3) is 0 Å². The van der Waals surface area contributed by atoms with Crippen molar-refractivity contribution in [1.82, 2.24) is 15.6 Å². The smallest absolute Gasteiger partial charge is 0.191 e. The second-order valence-electron chi connectivity index (χ2n) is 5.85. The van der Waals surface area contributed by atoms with Crippen LogP contribution in [0.5, 0.6) is 0 Å². The van der Waals surface area contributed by atoms with Gasteiger partial charge in [-0.1, -0.05) is 20.8 Å². The van der Waals surface area contributed by atoms with Gasteiger partial charge in [-0.05, 0) is 25.7 Å². The number of nitrogens with zero attached hydrogens (tertiary/aromatic N) is 2. The second-order valence-corrected chi connectivity index (χ2v) is 6.79. The van der Waals surface area contributed by atoms with E-state index >= 15 is 0 Å². The molecule has 0 unspecified atom stereocenters. The molecule has 0 radical (unpaired) electrons. The number of aryl methyl sites for hydroxylation is 1. The van der Waals surface area contributed by atoms with Crippen molar-refractivity contribution in [3.8, 4) is 0 Å². The van der Waals surface area contributed by atoms with Gasteiger partial charge >= 0.3 is 0 Å². The second kappa shape index (κ2) is 12.3. The first-order chi connectivity index (χ1) is 11.2. The van der Waals surface area contributed by atoms with Crippen molar-refractivity contribution in [2.45, 2.75) is 47.0 Å². The fraction of sp³-hybridized carbons (Fsp3) is 0.765. The summed E-state index contributed by atoms with van der Waals surface area (Å²) in [6.45, 7) is 12.7. The van der Waals surface area contributed by atoms with E-state index < -0.39 is 0 Å². The van der Waals surface area contributed by atoms with E-state index in [-0.39, 0.29) is 0 Å². The van der Waals surface area contributed by atoms with Gasteiger partial charge in [-0.2, -0.15) is 0 Å². The highest BCUT2D eigenvalue weighted by molar-refractivity contribution is 7.09. The van der Waals surface area contributed by atoms with Gasteiger partial charge in [-0.25, -0.2) is 4.98 Å². The molecule has 1 aromatic heterocycles. The molecule has 0 saturated carbocycles. The van der Waals surface area contributed by atoms with Crippen molar-refractivity contribution in [3.63, 3.8) is 0 Å². The first-order valence-electron chi connectivity index (χ1n) is 8.68. The van der Waals surface area contributed by atoms with Crippen LogP contribution < -0.4 is 10.6 Å². The van der Waals surface area contributed by atoms with Crippen LogP contribution >= 0.6 is 11.3 Å². The van der Waals surface area contributed by atoms with Crippen LogP contribution in [0.4, 0.5) is 0 Å². The molecule has 0 atom stereocenters. The summed E-state index contributed by atoms with van der Waals surface area (Å²) in [6, 6.07) is 0. The lowest BCUT2D eigenvalue weighted by molar-refractivity contribution is 0.109. The molecule has 0 saturated heterocycles. The first kappa shape index (κ1) is 19.9. The van der Waals surface area contributed by atoms with Crippen LogP contribution in [0.25, 0.3) is 0 Å². The lowest BCUT2D eigenvalue weighted by Crippen LogP contribution is -2.38. The quantitative estimate of drug-likeness (QED) is 0.369. The van der Waals surface area contributed by atoms with Gasteiger partial charge in [0.15, 0.2) is 5.96 Å². The number of rotatable bonds is 11. The third-order valence-corrected chi connectivity index (χ3v) is 4.13. The van der Waals surface area contributed by atoms with Crippen LogP contribution in [0, 0.1) is 5.92 Å². The average molecular weight is 341 g/mol. The molecule has 0 aliphatic heterocycles. The van der Waals surface area contributed by atoms with E-state index in [4.69, 9.17) is 4.74 Å². The minimum Gasteiger partial charge on any atom is -0.381 e. The fourth-order valence-electron chi connectivity index (χ4n) is 1.95. The van der Waals surface area contributed by atoms with E-state index in [2.05, 4.69) is 53.7 Å². The maximum atomic E-state index is 5.57. The number of thiazole rings is 1. The third-order valence-electron chi connectivity index (χ3n) is 3.09. The molecule has 132 valence electrons. The Morgan fingerprint density at radius 1 is 1.35 bits per heavy atom. The van der Waals surface area contributed by atoms with E-state index in [1.807, 2.05) is 0 Å². The molecule has 0 amide bonds. The predicted molar refractivity (Wildman–Crippen MR) is 99.5 cm³/mol. The Bertz CT molecular complexity index is 446. The van der Waals surface area contributed by atoms with Gasteiger partial charge in [-0.3, -0.25) is 4.99 Å². The number of nitrogens with one attached hydrogen (secondary N) is 2. The molecule has 0 fully saturated rings. The maximum Gasteiger partial charge on any atom is 0.191 e. The van der Waals surface area contributed by atoms with Crippen molar-refractivity contribution in [1.29, 1.82) is 0 Å². The van der Waals surface area contributed by atoms with Crippen molar-refractivity contribution in [2.75, 3.05) is 32.8 Å². The van der Waals surface area contributed by atoms with Gasteiger partial charge < -0.3 is 15.4 Å². The molecule has 1 rings (SSSR count). The minimum absolute atomic E-state index is 0.594. The number of aliphatic imine (C=N–C) groups is 1. The highest BCUT2D eigenvalue weighted by Crippen LogP contribution is 2.10. The molecule has 0 aromatic carbocycles. The number of aromatic nitrogens is 1. The topological polar surface area (TPSA) is 58.5 Å². The lowest BCUT2D eigenvalue weighted by Gasteiger charge is -2.11. The highest BCUT2D eigenvalue weighted by atomic mass is 32.1. The molecule has 1 heterocycles. The Labute approximate surface area is 145 Å². The monoisotopic (exact) mass is 340 g/mol. The van der Waals surface area contributed by atoms with Gasteiger partial charge in [0, 0.05) is 44.6 Å². The van der Waals surface area contributed by atoms with E-state index in [0.717, 1.165) is 63.8 Å². The third kappa shape index (κ3) is 9.56. The van der Waals surface area contributed by atoms with Crippen LogP contribution in [-0.4, -0.2) is 43.8 Å². The van der Waals surface area contributed by atoms with E-state index in [1.54, 1.807) is 11.3 Å². The standard InChI is InChI=1S/C17H32N4OS/c1-5-16-21-15(13-23-16)8-10-20-17(18-6-2)19-9-7-11-22-12-14(3)4/h13-14H,5-12H2,1-4H3,(H2,18,19,20). The molecule has 6 heteroatoms. The van der Waals surface area contributed by atoms with E-state index in [0.29, 0.717) is 5.92 Å². The Kier molecular flexibility index (Phi) is 10.6. The zero-order valence-electron chi connectivity index (χ0n) is 15.0. The van der Waals surface area contributed by atoms with Crippen LogP contribution in [0.15, 0.2) is 10.4 Å². The van der Waals surface area contributed by atoms with Crippen LogP contribution in [0.3, 0.4) is 0 Å². The molecular weight excluding hydrogens is 308 g/mol. The first-order valence-corrected chi connectivity index (χ1v) is 9.56. The zero-order chi connectivity index (χ0) is 16.9. The Morgan fingerprint density at radius 3 is 2.83 bits per heavy atom. The van der Waals surface area contributed by atoms with E-state index in [9.17, 15) is 0 Å². The number of guanidine groups is 1. The van der Waals surface area contributed by atoms with Gasteiger partial charge in [0.05, 0.1) is 10.7 Å².